The molecule has 10 heteroatoms. The van der Waals surface area contributed by atoms with Gasteiger partial charge in [0, 0.05) is 25.3 Å². The minimum atomic E-state index is -4.13. The average Bonchev–Trinajstić information content (AvgIpc) is 2.79. The van der Waals surface area contributed by atoms with Crippen molar-refractivity contribution in [2.24, 2.45) is 0 Å². The number of nitriles is 1. The van der Waals surface area contributed by atoms with Gasteiger partial charge in [-0.1, -0.05) is 32.0 Å². The van der Waals surface area contributed by atoms with Crippen molar-refractivity contribution in [3.63, 3.8) is 0 Å². The molecule has 0 radical (unpaired) electrons. The molecule has 0 aliphatic heterocycles. The molecule has 0 atom stereocenters. The van der Waals surface area contributed by atoms with E-state index < -0.39 is 39.2 Å². The molecule has 2 aromatic carbocycles. The molecule has 0 N–H and O–H groups in total. The Bertz CT molecular complexity index is 1100. The number of hydrogen-bond acceptors (Lipinski definition) is 6. The number of hydrogen-bond donors (Lipinski definition) is 0. The summed E-state index contributed by atoms with van der Waals surface area (Å²) in [7, 11) is -4.13. The van der Waals surface area contributed by atoms with E-state index in [4.69, 9.17) is 10.00 Å². The first-order valence-electron chi connectivity index (χ1n) is 9.95. The van der Waals surface area contributed by atoms with Crippen LogP contribution in [0, 0.1) is 17.1 Å². The second-order valence-corrected chi connectivity index (χ2v) is 8.51. The van der Waals surface area contributed by atoms with E-state index in [-0.39, 0.29) is 31.6 Å². The molecule has 0 aliphatic rings. The molecule has 0 saturated carbocycles. The summed E-state index contributed by atoms with van der Waals surface area (Å²) in [6, 6.07) is 13.4. The van der Waals surface area contributed by atoms with Gasteiger partial charge in [0.15, 0.2) is 6.61 Å². The van der Waals surface area contributed by atoms with Gasteiger partial charge in [0.05, 0.1) is 18.1 Å². The fourth-order valence-corrected chi connectivity index (χ4v) is 4.54. The Morgan fingerprint density at radius 1 is 1.09 bits per heavy atom. The van der Waals surface area contributed by atoms with Gasteiger partial charge < -0.3 is 9.64 Å². The van der Waals surface area contributed by atoms with Crippen LogP contribution >= 0.6 is 0 Å². The number of anilines is 1. The van der Waals surface area contributed by atoms with Crippen LogP contribution in [0.5, 0.6) is 0 Å². The minimum absolute atomic E-state index is 0.0825. The molecule has 1 amide bonds. The number of ether oxygens (including phenoxy) is 1. The smallest absolute Gasteiger partial charge is 0.338 e. The predicted molar refractivity (Wildman–Crippen MR) is 116 cm³/mol. The van der Waals surface area contributed by atoms with Crippen LogP contribution in [0.4, 0.5) is 10.1 Å². The molecule has 170 valence electrons. The maximum atomic E-state index is 14.2. The Balaban J connectivity index is 2.19. The second kappa shape index (κ2) is 11.4. The fraction of sp³-hybridized carbons (Fsp3) is 0.318. The highest BCUT2D eigenvalue weighted by molar-refractivity contribution is 7.89. The lowest BCUT2D eigenvalue weighted by molar-refractivity contribution is -0.121. The summed E-state index contributed by atoms with van der Waals surface area (Å²) in [4.78, 5) is 25.7. The maximum Gasteiger partial charge on any atom is 0.338 e. The summed E-state index contributed by atoms with van der Waals surface area (Å²) < 4.78 is 45.7. The van der Waals surface area contributed by atoms with Crippen LogP contribution in [0.1, 0.15) is 30.6 Å². The zero-order chi connectivity index (χ0) is 23.7. The Morgan fingerprint density at radius 2 is 1.75 bits per heavy atom. The summed E-state index contributed by atoms with van der Waals surface area (Å²) in [5, 5.41) is 8.84. The van der Waals surface area contributed by atoms with E-state index in [0.29, 0.717) is 5.69 Å². The standard InChI is InChI=1S/C22H24FN3O5S/c1-3-25(4-2)32(29,30)20-15-17(11-12-19(20)23)22(28)31-16-21(27)26(14-8-13-24)18-9-6-5-7-10-18/h5-7,9-12,15H,3-4,8,14,16H2,1-2H3. The van der Waals surface area contributed by atoms with Crippen molar-refractivity contribution in [2.75, 3.05) is 31.1 Å². The van der Waals surface area contributed by atoms with Gasteiger partial charge in [-0.3, -0.25) is 4.79 Å². The van der Waals surface area contributed by atoms with Crippen LogP contribution in [0.25, 0.3) is 0 Å². The fourth-order valence-electron chi connectivity index (χ4n) is 2.99. The lowest BCUT2D eigenvalue weighted by Gasteiger charge is -2.21. The molecule has 32 heavy (non-hydrogen) atoms. The normalized spacial score (nSPS) is 11.1. The van der Waals surface area contributed by atoms with Crippen molar-refractivity contribution >= 4 is 27.6 Å². The summed E-state index contributed by atoms with van der Waals surface area (Å²) in [6.07, 6.45) is 0.0825. The summed E-state index contributed by atoms with van der Waals surface area (Å²) in [6.45, 7) is 2.99. The third-order valence-corrected chi connectivity index (χ3v) is 6.70. The van der Waals surface area contributed by atoms with Crippen molar-refractivity contribution < 1.29 is 27.1 Å². The first-order valence-corrected chi connectivity index (χ1v) is 11.4. The lowest BCUT2D eigenvalue weighted by Crippen LogP contribution is -2.35. The molecule has 0 fully saturated rings. The SMILES string of the molecule is CCN(CC)S(=O)(=O)c1cc(C(=O)OCC(=O)N(CCC#N)c2ccccc2)ccc1F. The number of rotatable bonds is 10. The van der Waals surface area contributed by atoms with Gasteiger partial charge in [0.1, 0.15) is 10.7 Å². The summed E-state index contributed by atoms with van der Waals surface area (Å²) in [5.74, 6) is -2.52. The van der Waals surface area contributed by atoms with Gasteiger partial charge in [-0.05, 0) is 30.3 Å². The third-order valence-electron chi connectivity index (χ3n) is 4.63. The van der Waals surface area contributed by atoms with Gasteiger partial charge >= 0.3 is 5.97 Å². The first-order chi connectivity index (χ1) is 15.3. The van der Waals surface area contributed by atoms with E-state index in [2.05, 4.69) is 0 Å². The number of esters is 1. The van der Waals surface area contributed by atoms with Crippen LogP contribution < -0.4 is 4.90 Å². The molecule has 2 aromatic rings. The van der Waals surface area contributed by atoms with Gasteiger partial charge in [-0.2, -0.15) is 9.57 Å². The van der Waals surface area contributed by atoms with Crippen LogP contribution in [0.2, 0.25) is 0 Å². The molecule has 0 unspecified atom stereocenters. The van der Waals surface area contributed by atoms with Gasteiger partial charge in [-0.25, -0.2) is 17.6 Å². The zero-order valence-electron chi connectivity index (χ0n) is 17.8. The number of amides is 1. The third kappa shape index (κ3) is 5.90. The maximum absolute atomic E-state index is 14.2. The topological polar surface area (TPSA) is 108 Å². The highest BCUT2D eigenvalue weighted by Gasteiger charge is 2.27. The number of benzene rings is 2. The Kier molecular flexibility index (Phi) is 8.87. The molecule has 0 bridgehead atoms. The van der Waals surface area contributed by atoms with Crippen LogP contribution in [0.3, 0.4) is 0 Å². The van der Waals surface area contributed by atoms with E-state index in [1.54, 1.807) is 44.2 Å². The van der Waals surface area contributed by atoms with E-state index in [1.165, 1.54) is 4.90 Å². The van der Waals surface area contributed by atoms with E-state index in [9.17, 15) is 22.4 Å². The summed E-state index contributed by atoms with van der Waals surface area (Å²) in [5.41, 5.74) is 0.339. The molecule has 0 saturated heterocycles. The molecule has 8 nitrogen and oxygen atoms in total. The van der Waals surface area contributed by atoms with Crippen LogP contribution in [-0.2, 0) is 19.6 Å². The average molecular weight is 462 g/mol. The van der Waals surface area contributed by atoms with Crippen molar-refractivity contribution in [1.29, 1.82) is 5.26 Å². The van der Waals surface area contributed by atoms with E-state index in [1.807, 2.05) is 6.07 Å². The van der Waals surface area contributed by atoms with E-state index >= 15 is 0 Å². The van der Waals surface area contributed by atoms with Crippen molar-refractivity contribution in [1.82, 2.24) is 4.31 Å². The van der Waals surface area contributed by atoms with Crippen LogP contribution in [-0.4, -0.2) is 50.8 Å². The largest absolute Gasteiger partial charge is 0.452 e. The monoisotopic (exact) mass is 461 g/mol. The number of sulfonamides is 1. The van der Waals surface area contributed by atoms with Crippen molar-refractivity contribution in [3.8, 4) is 6.07 Å². The molecule has 0 heterocycles. The number of para-hydroxylation sites is 1. The predicted octanol–water partition coefficient (Wildman–Crippen LogP) is 2.96. The minimum Gasteiger partial charge on any atom is -0.452 e. The summed E-state index contributed by atoms with van der Waals surface area (Å²) >= 11 is 0. The second-order valence-electron chi connectivity index (χ2n) is 6.60. The van der Waals surface area contributed by atoms with Crippen LogP contribution in [0.15, 0.2) is 53.4 Å². The zero-order valence-corrected chi connectivity index (χ0v) is 18.6. The molecule has 0 aliphatic carbocycles. The number of carbonyl (C=O) groups is 2. The van der Waals surface area contributed by atoms with Gasteiger partial charge in [-0.15, -0.1) is 0 Å². The molecular formula is C22H24FN3O5S. The quantitative estimate of drug-likeness (QED) is 0.504. The molecule has 2 rings (SSSR count). The first kappa shape index (κ1) is 25.0. The number of halogens is 1. The highest BCUT2D eigenvalue weighted by atomic mass is 32.2. The van der Waals surface area contributed by atoms with Crippen molar-refractivity contribution in [3.05, 3.63) is 59.9 Å². The van der Waals surface area contributed by atoms with Gasteiger partial charge in [0.2, 0.25) is 10.0 Å². The lowest BCUT2D eigenvalue weighted by atomic mass is 10.2. The molecule has 0 aromatic heterocycles. The molecular weight excluding hydrogens is 437 g/mol. The van der Waals surface area contributed by atoms with E-state index in [0.717, 1.165) is 22.5 Å². The van der Waals surface area contributed by atoms with Gasteiger partial charge in [0.25, 0.3) is 5.91 Å². The molecule has 0 spiro atoms. The Hall–Kier alpha value is -3.29. The number of carbonyl (C=O) groups excluding carboxylic acids is 2. The highest BCUT2D eigenvalue weighted by Crippen LogP contribution is 2.21. The Morgan fingerprint density at radius 3 is 2.34 bits per heavy atom. The number of nitrogens with zero attached hydrogens (tertiary/aromatic N) is 3. The van der Waals surface area contributed by atoms with Crippen molar-refractivity contribution in [2.45, 2.75) is 25.2 Å². The Labute approximate surface area is 186 Å².